The van der Waals surface area contributed by atoms with E-state index < -0.39 is 0 Å². The Balaban J connectivity index is 1.86. The average Bonchev–Trinajstić information content (AvgIpc) is 2.58. The molecule has 4 heteroatoms. The highest BCUT2D eigenvalue weighted by Crippen LogP contribution is 2.24. The van der Waals surface area contributed by atoms with Crippen molar-refractivity contribution in [2.45, 2.75) is 27.7 Å². The molecule has 0 bridgehead atoms. The minimum absolute atomic E-state index is 0.287. The molecule has 0 aliphatic rings. The number of amides is 2. The fraction of sp³-hybridized carbons (Fsp3) is 0.200. The van der Waals surface area contributed by atoms with Crippen molar-refractivity contribution in [2.24, 2.45) is 0 Å². The molecule has 2 amide bonds. The van der Waals surface area contributed by atoms with Crippen LogP contribution in [0.1, 0.15) is 22.4 Å². The summed E-state index contributed by atoms with van der Waals surface area (Å²) in [7, 11) is 0. The number of hydrogen-bond acceptors (Lipinski definition) is 2. The maximum absolute atomic E-state index is 12.4. The summed E-state index contributed by atoms with van der Waals surface area (Å²) in [5, 5.41) is 7.89. The van der Waals surface area contributed by atoms with Gasteiger partial charge in [-0.25, -0.2) is 9.78 Å². The molecule has 0 aliphatic heterocycles. The average molecular weight is 319 g/mol. The van der Waals surface area contributed by atoms with Gasteiger partial charge in [0.1, 0.15) is 5.82 Å². The third kappa shape index (κ3) is 2.95. The Morgan fingerprint density at radius 2 is 1.54 bits per heavy atom. The molecule has 1 heterocycles. The molecule has 24 heavy (non-hydrogen) atoms. The number of hydrogen-bond donors (Lipinski definition) is 2. The number of carbonyl (C=O) groups excluding carboxylic acids is 1. The minimum Gasteiger partial charge on any atom is -0.307 e. The summed E-state index contributed by atoms with van der Waals surface area (Å²) in [6.45, 7) is 8.02. The van der Waals surface area contributed by atoms with Gasteiger partial charge in [-0.05, 0) is 55.8 Å². The molecule has 3 aromatic rings. The van der Waals surface area contributed by atoms with Gasteiger partial charge in [-0.15, -0.1) is 0 Å². The van der Waals surface area contributed by atoms with Gasteiger partial charge < -0.3 is 5.32 Å². The minimum atomic E-state index is -0.287. The number of nitrogens with zero attached hydrogens (tertiary/aromatic N) is 1. The molecule has 0 saturated carbocycles. The third-order valence-electron chi connectivity index (χ3n) is 4.57. The number of urea groups is 1. The zero-order valence-corrected chi connectivity index (χ0v) is 14.4. The van der Waals surface area contributed by atoms with Crippen LogP contribution in [0, 0.1) is 27.7 Å². The number of rotatable bonds is 2. The van der Waals surface area contributed by atoms with E-state index in [4.69, 9.17) is 0 Å². The molecule has 122 valence electrons. The lowest BCUT2D eigenvalue weighted by Crippen LogP contribution is -2.21. The summed E-state index contributed by atoms with van der Waals surface area (Å²) < 4.78 is 0. The van der Waals surface area contributed by atoms with Crippen molar-refractivity contribution in [3.63, 3.8) is 0 Å². The van der Waals surface area contributed by atoms with Crippen molar-refractivity contribution in [3.05, 3.63) is 64.8 Å². The van der Waals surface area contributed by atoms with Gasteiger partial charge >= 0.3 is 6.03 Å². The highest BCUT2D eigenvalue weighted by Gasteiger charge is 2.12. The third-order valence-corrected chi connectivity index (χ3v) is 4.57. The van der Waals surface area contributed by atoms with Gasteiger partial charge in [-0.1, -0.05) is 36.4 Å². The maximum Gasteiger partial charge on any atom is 0.324 e. The summed E-state index contributed by atoms with van der Waals surface area (Å²) in [6, 6.07) is 13.5. The summed E-state index contributed by atoms with van der Waals surface area (Å²) >= 11 is 0. The molecule has 0 saturated heterocycles. The molecule has 3 rings (SSSR count). The molecule has 0 unspecified atom stereocenters. The molecular formula is C20H21N3O. The quantitative estimate of drug-likeness (QED) is 0.689. The van der Waals surface area contributed by atoms with Crippen LogP contribution in [-0.4, -0.2) is 11.0 Å². The number of anilines is 2. The van der Waals surface area contributed by atoms with Crippen molar-refractivity contribution < 1.29 is 4.79 Å². The molecule has 2 N–H and O–H groups in total. The molecular weight excluding hydrogens is 298 g/mol. The summed E-state index contributed by atoms with van der Waals surface area (Å²) in [4.78, 5) is 16.9. The number of benzene rings is 2. The standard InChI is InChI=1S/C20H21N3O/c1-12-13(2)15(4)21-19(14(12)3)23-20(24)22-18-11-7-9-16-8-5-6-10-17(16)18/h5-11H,1-4H3,(H2,21,22,23,24). The normalized spacial score (nSPS) is 10.7. The molecule has 1 aromatic heterocycles. The van der Waals surface area contributed by atoms with Crippen LogP contribution in [0.5, 0.6) is 0 Å². The first kappa shape index (κ1) is 16.0. The van der Waals surface area contributed by atoms with Gasteiger partial charge in [-0.2, -0.15) is 0 Å². The zero-order chi connectivity index (χ0) is 17.3. The van der Waals surface area contributed by atoms with Gasteiger partial charge in [0.15, 0.2) is 0 Å². The Kier molecular flexibility index (Phi) is 4.21. The summed E-state index contributed by atoms with van der Waals surface area (Å²) in [6.07, 6.45) is 0. The van der Waals surface area contributed by atoms with Crippen LogP contribution >= 0.6 is 0 Å². The van der Waals surface area contributed by atoms with E-state index in [1.165, 1.54) is 0 Å². The maximum atomic E-state index is 12.4. The SMILES string of the molecule is Cc1nc(NC(=O)Nc2cccc3ccccc23)c(C)c(C)c1C. The number of aromatic nitrogens is 1. The number of aryl methyl sites for hydroxylation is 1. The Morgan fingerprint density at radius 1 is 0.833 bits per heavy atom. The Morgan fingerprint density at radius 3 is 2.33 bits per heavy atom. The number of fused-ring (bicyclic) bond motifs is 1. The van der Waals surface area contributed by atoms with E-state index in [9.17, 15) is 4.79 Å². The molecule has 0 aliphatic carbocycles. The van der Waals surface area contributed by atoms with Crippen molar-refractivity contribution >= 4 is 28.3 Å². The zero-order valence-electron chi connectivity index (χ0n) is 14.4. The van der Waals surface area contributed by atoms with Crippen LogP contribution in [0.25, 0.3) is 10.8 Å². The number of pyridine rings is 1. The van der Waals surface area contributed by atoms with E-state index in [2.05, 4.69) is 15.6 Å². The first-order valence-electron chi connectivity index (χ1n) is 7.97. The smallest absolute Gasteiger partial charge is 0.307 e. The van der Waals surface area contributed by atoms with Gasteiger partial charge in [0.2, 0.25) is 0 Å². The highest BCUT2D eigenvalue weighted by molar-refractivity contribution is 6.06. The first-order chi connectivity index (χ1) is 11.5. The van der Waals surface area contributed by atoms with Crippen LogP contribution in [0.4, 0.5) is 16.3 Å². The summed E-state index contributed by atoms with van der Waals surface area (Å²) in [5.74, 6) is 0.605. The Labute approximate surface area is 141 Å². The Hall–Kier alpha value is -2.88. The van der Waals surface area contributed by atoms with Crippen molar-refractivity contribution in [1.29, 1.82) is 0 Å². The number of carbonyl (C=O) groups is 1. The van der Waals surface area contributed by atoms with Crippen molar-refractivity contribution in [3.8, 4) is 0 Å². The van der Waals surface area contributed by atoms with Crippen molar-refractivity contribution in [2.75, 3.05) is 10.6 Å². The van der Waals surface area contributed by atoms with Gasteiger partial charge in [-0.3, -0.25) is 5.32 Å². The van der Waals surface area contributed by atoms with Gasteiger partial charge in [0.25, 0.3) is 0 Å². The lowest BCUT2D eigenvalue weighted by molar-refractivity contribution is 0.262. The van der Waals surface area contributed by atoms with E-state index in [1.54, 1.807) is 0 Å². The molecule has 0 fully saturated rings. The van der Waals surface area contributed by atoms with Gasteiger partial charge in [0, 0.05) is 11.1 Å². The molecule has 0 radical (unpaired) electrons. The second-order valence-electron chi connectivity index (χ2n) is 6.03. The number of nitrogens with one attached hydrogen (secondary N) is 2. The topological polar surface area (TPSA) is 54.0 Å². The molecule has 0 atom stereocenters. The fourth-order valence-corrected chi connectivity index (χ4v) is 2.78. The van der Waals surface area contributed by atoms with Crippen LogP contribution in [0.2, 0.25) is 0 Å². The van der Waals surface area contributed by atoms with Crippen molar-refractivity contribution in [1.82, 2.24) is 4.98 Å². The van der Waals surface area contributed by atoms with Crippen LogP contribution < -0.4 is 10.6 Å². The fourth-order valence-electron chi connectivity index (χ4n) is 2.78. The molecule has 0 spiro atoms. The highest BCUT2D eigenvalue weighted by atomic mass is 16.2. The van der Waals surface area contributed by atoms with Crippen LogP contribution in [-0.2, 0) is 0 Å². The van der Waals surface area contributed by atoms with E-state index in [-0.39, 0.29) is 6.03 Å². The second-order valence-corrected chi connectivity index (χ2v) is 6.03. The lowest BCUT2D eigenvalue weighted by Gasteiger charge is -2.15. The molecule has 2 aromatic carbocycles. The van der Waals surface area contributed by atoms with Crippen LogP contribution in [0.15, 0.2) is 42.5 Å². The van der Waals surface area contributed by atoms with E-state index in [0.29, 0.717) is 5.82 Å². The molecule has 4 nitrogen and oxygen atoms in total. The predicted molar refractivity (Wildman–Crippen MR) is 99.8 cm³/mol. The lowest BCUT2D eigenvalue weighted by atomic mass is 10.0. The second kappa shape index (κ2) is 6.32. The van der Waals surface area contributed by atoms with E-state index >= 15 is 0 Å². The van der Waals surface area contributed by atoms with Crippen LogP contribution in [0.3, 0.4) is 0 Å². The largest absolute Gasteiger partial charge is 0.324 e. The summed E-state index contributed by atoms with van der Waals surface area (Å²) in [5.41, 5.74) is 5.02. The predicted octanol–water partition coefficient (Wildman–Crippen LogP) is 5.11. The van der Waals surface area contributed by atoms with E-state index in [0.717, 1.165) is 38.8 Å². The first-order valence-corrected chi connectivity index (χ1v) is 7.97. The van der Waals surface area contributed by atoms with Gasteiger partial charge in [0.05, 0.1) is 5.69 Å². The monoisotopic (exact) mass is 319 g/mol. The Bertz CT molecular complexity index is 926. The van der Waals surface area contributed by atoms with E-state index in [1.807, 2.05) is 70.2 Å².